The van der Waals surface area contributed by atoms with E-state index in [1.807, 2.05) is 29.6 Å². The van der Waals surface area contributed by atoms with Crippen LogP contribution in [0.4, 0.5) is 0 Å². The fraction of sp³-hybridized carbons (Fsp3) is 0.143. The van der Waals surface area contributed by atoms with Crippen molar-refractivity contribution in [3.63, 3.8) is 0 Å². The lowest BCUT2D eigenvalue weighted by Gasteiger charge is -2.06. The number of aryl methyl sites for hydroxylation is 1. The summed E-state index contributed by atoms with van der Waals surface area (Å²) in [6, 6.07) is 7.51. The average molecular weight is 332 g/mol. The number of nitrogens with zero attached hydrogens (tertiary/aromatic N) is 3. The third-order valence-corrected chi connectivity index (χ3v) is 4.32. The van der Waals surface area contributed by atoms with Gasteiger partial charge in [-0.25, -0.2) is 4.98 Å². The summed E-state index contributed by atoms with van der Waals surface area (Å²) in [4.78, 5) is 16.6. The highest BCUT2D eigenvalue weighted by atomic mass is 32.1. The Hall–Kier alpha value is -2.32. The number of aromatic nitrogens is 3. The van der Waals surface area contributed by atoms with Crippen LogP contribution in [0.2, 0.25) is 0 Å². The van der Waals surface area contributed by atoms with E-state index in [4.69, 9.17) is 4.74 Å². The van der Waals surface area contributed by atoms with Crippen molar-refractivity contribution in [3.05, 3.63) is 52.0 Å². The van der Waals surface area contributed by atoms with Crippen molar-refractivity contribution in [1.29, 1.82) is 0 Å². The highest BCUT2D eigenvalue weighted by molar-refractivity contribution is 7.11. The van der Waals surface area contributed by atoms with Gasteiger partial charge in [0, 0.05) is 18.1 Å². The van der Waals surface area contributed by atoms with Gasteiger partial charge in [0.05, 0.1) is 5.69 Å². The lowest BCUT2D eigenvalue weighted by atomic mass is 10.2. The predicted molar refractivity (Wildman–Crippen MR) is 84.4 cm³/mol. The Morgan fingerprint density at radius 2 is 2.14 bits per heavy atom. The minimum Gasteiger partial charge on any atom is -0.431 e. The normalized spacial score (nSPS) is 10.4. The lowest BCUT2D eigenvalue weighted by molar-refractivity contribution is 0.0954. The van der Waals surface area contributed by atoms with Crippen molar-refractivity contribution >= 4 is 28.8 Å². The molecule has 0 saturated heterocycles. The first kappa shape index (κ1) is 14.6. The van der Waals surface area contributed by atoms with Crippen LogP contribution in [-0.4, -0.2) is 20.5 Å². The number of carbonyl (C=O) groups is 1. The number of rotatable bonds is 5. The van der Waals surface area contributed by atoms with Crippen LogP contribution in [0.3, 0.4) is 0 Å². The van der Waals surface area contributed by atoms with Gasteiger partial charge in [0.15, 0.2) is 0 Å². The Morgan fingerprint density at radius 1 is 1.32 bits per heavy atom. The number of ether oxygens (including phenoxy) is 1. The molecule has 0 fully saturated rings. The average Bonchev–Trinajstić information content (AvgIpc) is 3.18. The number of benzene rings is 1. The summed E-state index contributed by atoms with van der Waals surface area (Å²) in [6.45, 7) is 2.21. The molecule has 1 amide bonds. The first-order valence-electron chi connectivity index (χ1n) is 6.46. The van der Waals surface area contributed by atoms with Gasteiger partial charge in [-0.2, -0.15) is 0 Å². The molecule has 2 heterocycles. The fourth-order valence-corrected chi connectivity index (χ4v) is 2.82. The van der Waals surface area contributed by atoms with Crippen LogP contribution >= 0.6 is 22.9 Å². The standard InChI is InChI=1S/C14H12N4O2S2/c1-9-12(22-18-17-9)13(19)16-8-10-2-4-11(5-3-10)20-14-15-6-7-21-14/h2-7H,8H2,1H3,(H,16,19). The molecule has 1 aromatic carbocycles. The summed E-state index contributed by atoms with van der Waals surface area (Å²) < 4.78 is 9.33. The highest BCUT2D eigenvalue weighted by Gasteiger charge is 2.12. The van der Waals surface area contributed by atoms with E-state index in [0.717, 1.165) is 17.1 Å². The third kappa shape index (κ3) is 3.46. The summed E-state index contributed by atoms with van der Waals surface area (Å²) in [5.74, 6) is 0.558. The fourth-order valence-electron chi connectivity index (χ4n) is 1.74. The zero-order valence-electron chi connectivity index (χ0n) is 11.6. The quantitative estimate of drug-likeness (QED) is 0.777. The molecule has 3 rings (SSSR count). The van der Waals surface area contributed by atoms with E-state index in [2.05, 4.69) is 19.9 Å². The molecule has 3 aromatic rings. The molecule has 0 aliphatic carbocycles. The summed E-state index contributed by atoms with van der Waals surface area (Å²) in [5.41, 5.74) is 1.63. The van der Waals surface area contributed by atoms with Gasteiger partial charge < -0.3 is 10.1 Å². The minimum atomic E-state index is -0.157. The Kier molecular flexibility index (Phi) is 4.40. The molecule has 8 heteroatoms. The largest absolute Gasteiger partial charge is 0.431 e. The van der Waals surface area contributed by atoms with Gasteiger partial charge in [-0.05, 0) is 36.2 Å². The van der Waals surface area contributed by atoms with Crippen LogP contribution in [0.25, 0.3) is 0 Å². The zero-order chi connectivity index (χ0) is 15.4. The number of thiazole rings is 1. The van der Waals surface area contributed by atoms with E-state index in [1.54, 1.807) is 13.1 Å². The molecule has 0 radical (unpaired) electrons. The van der Waals surface area contributed by atoms with Gasteiger partial charge in [-0.3, -0.25) is 4.79 Å². The van der Waals surface area contributed by atoms with E-state index in [1.165, 1.54) is 11.3 Å². The molecule has 22 heavy (non-hydrogen) atoms. The number of hydrogen-bond acceptors (Lipinski definition) is 7. The highest BCUT2D eigenvalue weighted by Crippen LogP contribution is 2.23. The predicted octanol–water partition coefficient (Wildman–Crippen LogP) is 3.03. The molecule has 0 unspecified atom stereocenters. The van der Waals surface area contributed by atoms with Crippen molar-refractivity contribution in [2.24, 2.45) is 0 Å². The first-order valence-corrected chi connectivity index (χ1v) is 8.11. The van der Waals surface area contributed by atoms with Crippen LogP contribution in [0.1, 0.15) is 20.9 Å². The number of nitrogens with one attached hydrogen (secondary N) is 1. The van der Waals surface area contributed by atoms with E-state index in [-0.39, 0.29) is 5.91 Å². The zero-order valence-corrected chi connectivity index (χ0v) is 13.3. The molecular weight excluding hydrogens is 320 g/mol. The van der Waals surface area contributed by atoms with Gasteiger partial charge in [0.1, 0.15) is 10.6 Å². The van der Waals surface area contributed by atoms with Crippen LogP contribution in [-0.2, 0) is 6.54 Å². The summed E-state index contributed by atoms with van der Waals surface area (Å²) in [6.07, 6.45) is 1.69. The Labute approximate surface area is 135 Å². The topological polar surface area (TPSA) is 77.0 Å². The number of carbonyl (C=O) groups excluding carboxylic acids is 1. The van der Waals surface area contributed by atoms with Crippen LogP contribution in [0, 0.1) is 6.92 Å². The second kappa shape index (κ2) is 6.63. The maximum atomic E-state index is 12.0. The summed E-state index contributed by atoms with van der Waals surface area (Å²) >= 11 is 2.53. The maximum Gasteiger partial charge on any atom is 0.278 e. The van der Waals surface area contributed by atoms with Crippen LogP contribution < -0.4 is 10.1 Å². The smallest absolute Gasteiger partial charge is 0.278 e. The Morgan fingerprint density at radius 3 is 2.77 bits per heavy atom. The molecule has 0 aliphatic rings. The van der Waals surface area contributed by atoms with Crippen LogP contribution in [0.15, 0.2) is 35.8 Å². The van der Waals surface area contributed by atoms with E-state index in [0.29, 0.717) is 28.1 Å². The molecule has 0 saturated carbocycles. The van der Waals surface area contributed by atoms with Gasteiger partial charge in [-0.1, -0.05) is 28.0 Å². The molecule has 0 atom stereocenters. The molecule has 0 spiro atoms. The van der Waals surface area contributed by atoms with Gasteiger partial charge >= 0.3 is 0 Å². The van der Waals surface area contributed by atoms with Gasteiger partial charge in [0.2, 0.25) is 0 Å². The molecule has 2 aromatic heterocycles. The second-order valence-corrected chi connectivity index (χ2v) is 6.03. The van der Waals surface area contributed by atoms with Crippen molar-refractivity contribution < 1.29 is 9.53 Å². The van der Waals surface area contributed by atoms with Crippen molar-refractivity contribution in [2.45, 2.75) is 13.5 Å². The second-order valence-electron chi connectivity index (χ2n) is 4.41. The van der Waals surface area contributed by atoms with Crippen molar-refractivity contribution in [1.82, 2.24) is 19.9 Å². The molecule has 0 bridgehead atoms. The minimum absolute atomic E-state index is 0.157. The van der Waals surface area contributed by atoms with E-state index >= 15 is 0 Å². The SMILES string of the molecule is Cc1nnsc1C(=O)NCc1ccc(Oc2nccs2)cc1. The molecular formula is C14H12N4O2S2. The molecule has 0 aliphatic heterocycles. The maximum absolute atomic E-state index is 12.0. The molecule has 112 valence electrons. The summed E-state index contributed by atoms with van der Waals surface area (Å²) in [5, 5.41) is 9.14. The summed E-state index contributed by atoms with van der Waals surface area (Å²) in [7, 11) is 0. The monoisotopic (exact) mass is 332 g/mol. The molecule has 1 N–H and O–H groups in total. The first-order chi connectivity index (χ1) is 10.7. The van der Waals surface area contributed by atoms with Crippen LogP contribution in [0.5, 0.6) is 10.9 Å². The van der Waals surface area contributed by atoms with Crippen molar-refractivity contribution in [2.75, 3.05) is 0 Å². The lowest BCUT2D eigenvalue weighted by Crippen LogP contribution is -2.22. The molecule has 6 nitrogen and oxygen atoms in total. The van der Waals surface area contributed by atoms with E-state index < -0.39 is 0 Å². The van der Waals surface area contributed by atoms with Gasteiger partial charge in [0.25, 0.3) is 11.1 Å². The van der Waals surface area contributed by atoms with E-state index in [9.17, 15) is 4.79 Å². The van der Waals surface area contributed by atoms with Crippen molar-refractivity contribution in [3.8, 4) is 10.9 Å². The Bertz CT molecular complexity index is 754. The Balaban J connectivity index is 1.57. The number of amides is 1. The number of hydrogen-bond donors (Lipinski definition) is 1. The van der Waals surface area contributed by atoms with Gasteiger partial charge in [-0.15, -0.1) is 5.10 Å². The third-order valence-electron chi connectivity index (χ3n) is 2.85.